The first kappa shape index (κ1) is 8.29. The van der Waals surface area contributed by atoms with Gasteiger partial charge >= 0.3 is 0 Å². The Bertz CT molecular complexity index is 554. The Morgan fingerprint density at radius 1 is 0.929 bits per heavy atom. The molecule has 1 aromatic carbocycles. The standard InChI is InChI=1S/C12H6N2/c13-7-12(8-14)11-5-9-3-1-2-4-10(9)6-11/h1-6H. The molecule has 2 rings (SSSR count). The zero-order valence-electron chi connectivity index (χ0n) is 7.36. The quantitative estimate of drug-likeness (QED) is 0.546. The third-order valence-electron chi connectivity index (χ3n) is 2.13. The number of rotatable bonds is 0. The highest BCUT2D eigenvalue weighted by molar-refractivity contribution is 5.76. The van der Waals surface area contributed by atoms with Crippen molar-refractivity contribution in [2.75, 3.05) is 0 Å². The second kappa shape index (κ2) is 3.20. The zero-order valence-corrected chi connectivity index (χ0v) is 7.36. The number of nitriles is 2. The third kappa shape index (κ3) is 1.20. The van der Waals surface area contributed by atoms with Gasteiger partial charge < -0.3 is 0 Å². The van der Waals surface area contributed by atoms with Crippen molar-refractivity contribution in [3.8, 4) is 12.1 Å². The van der Waals surface area contributed by atoms with Crippen molar-refractivity contribution in [1.29, 1.82) is 10.5 Å². The summed E-state index contributed by atoms with van der Waals surface area (Å²) in [5, 5.41) is 19.5. The molecule has 1 aliphatic carbocycles. The van der Waals surface area contributed by atoms with Crippen molar-refractivity contribution in [3.05, 3.63) is 45.8 Å². The fourth-order valence-electron chi connectivity index (χ4n) is 1.45. The summed E-state index contributed by atoms with van der Waals surface area (Å²) in [7, 11) is 0. The van der Waals surface area contributed by atoms with Crippen LogP contribution < -0.4 is 10.4 Å². The fourth-order valence-corrected chi connectivity index (χ4v) is 1.45. The van der Waals surface area contributed by atoms with Crippen LogP contribution in [0.15, 0.2) is 35.4 Å². The maximum atomic E-state index is 8.70. The van der Waals surface area contributed by atoms with Gasteiger partial charge in [0.1, 0.15) is 17.7 Å². The maximum Gasteiger partial charge on any atom is 0.136 e. The SMILES string of the molecule is N#CC(C#N)=C1C=c2ccccc2=C1. The van der Waals surface area contributed by atoms with Crippen molar-refractivity contribution in [2.45, 2.75) is 0 Å². The number of benzene rings is 1. The highest BCUT2D eigenvalue weighted by Gasteiger charge is 2.04. The molecule has 0 heterocycles. The molecule has 2 nitrogen and oxygen atoms in total. The normalized spacial score (nSPS) is 11.7. The highest BCUT2D eigenvalue weighted by Crippen LogP contribution is 2.08. The molecule has 0 fully saturated rings. The summed E-state index contributed by atoms with van der Waals surface area (Å²) in [4.78, 5) is 0. The van der Waals surface area contributed by atoms with Crippen LogP contribution in [-0.4, -0.2) is 0 Å². The van der Waals surface area contributed by atoms with Crippen LogP contribution >= 0.6 is 0 Å². The molecule has 2 heteroatoms. The Kier molecular flexibility index (Phi) is 1.89. The van der Waals surface area contributed by atoms with Crippen LogP contribution in [0.3, 0.4) is 0 Å². The van der Waals surface area contributed by atoms with Gasteiger partial charge in [0.2, 0.25) is 0 Å². The summed E-state index contributed by atoms with van der Waals surface area (Å²) < 4.78 is 0. The topological polar surface area (TPSA) is 47.6 Å². The van der Waals surface area contributed by atoms with E-state index in [0.29, 0.717) is 5.57 Å². The van der Waals surface area contributed by atoms with Gasteiger partial charge in [-0.05, 0) is 22.6 Å². The average Bonchev–Trinajstić information content (AvgIpc) is 2.63. The van der Waals surface area contributed by atoms with Gasteiger partial charge in [0, 0.05) is 5.57 Å². The van der Waals surface area contributed by atoms with Crippen molar-refractivity contribution >= 4 is 12.2 Å². The first-order valence-corrected chi connectivity index (χ1v) is 4.18. The van der Waals surface area contributed by atoms with E-state index in [1.54, 1.807) is 0 Å². The molecule has 0 saturated carbocycles. The lowest BCUT2D eigenvalue weighted by Crippen LogP contribution is -2.19. The van der Waals surface area contributed by atoms with Crippen LogP contribution in [0.5, 0.6) is 0 Å². The average molecular weight is 178 g/mol. The number of nitrogens with zero attached hydrogens (tertiary/aromatic N) is 2. The van der Waals surface area contributed by atoms with Crippen LogP contribution in [0.2, 0.25) is 0 Å². The number of hydrogen-bond donors (Lipinski definition) is 0. The predicted molar refractivity (Wildman–Crippen MR) is 52.9 cm³/mol. The Labute approximate surface area is 81.3 Å². The van der Waals surface area contributed by atoms with Crippen molar-refractivity contribution in [3.63, 3.8) is 0 Å². The fraction of sp³-hybridized carbons (Fsp3) is 0. The zero-order chi connectivity index (χ0) is 9.97. The van der Waals surface area contributed by atoms with Gasteiger partial charge in [-0.1, -0.05) is 24.3 Å². The molecule has 1 aromatic rings. The Morgan fingerprint density at radius 2 is 1.43 bits per heavy atom. The molecule has 1 aliphatic rings. The number of hydrogen-bond acceptors (Lipinski definition) is 2. The molecule has 64 valence electrons. The highest BCUT2D eigenvalue weighted by atomic mass is 14.3. The minimum absolute atomic E-state index is 0.168. The minimum atomic E-state index is 0.168. The van der Waals surface area contributed by atoms with E-state index in [0.717, 1.165) is 10.4 Å². The molecule has 0 amide bonds. The van der Waals surface area contributed by atoms with Gasteiger partial charge in [0.05, 0.1) is 0 Å². The van der Waals surface area contributed by atoms with E-state index in [9.17, 15) is 0 Å². The lowest BCUT2D eigenvalue weighted by Gasteiger charge is -1.85. The van der Waals surface area contributed by atoms with Crippen molar-refractivity contribution in [2.24, 2.45) is 0 Å². The molecule has 0 aromatic heterocycles. The second-order valence-corrected chi connectivity index (χ2v) is 2.97. The van der Waals surface area contributed by atoms with Crippen LogP contribution in [0, 0.1) is 22.7 Å². The van der Waals surface area contributed by atoms with Crippen LogP contribution in [0.1, 0.15) is 0 Å². The van der Waals surface area contributed by atoms with E-state index in [1.165, 1.54) is 0 Å². The van der Waals surface area contributed by atoms with Gasteiger partial charge in [-0.15, -0.1) is 0 Å². The lowest BCUT2D eigenvalue weighted by atomic mass is 10.1. The van der Waals surface area contributed by atoms with Gasteiger partial charge in [0.25, 0.3) is 0 Å². The molecule has 0 radical (unpaired) electrons. The lowest BCUT2D eigenvalue weighted by molar-refractivity contribution is 1.46. The van der Waals surface area contributed by atoms with Crippen molar-refractivity contribution < 1.29 is 0 Å². The van der Waals surface area contributed by atoms with Gasteiger partial charge in [-0.2, -0.15) is 10.5 Å². The van der Waals surface area contributed by atoms with E-state index in [4.69, 9.17) is 10.5 Å². The molecular weight excluding hydrogens is 172 g/mol. The van der Waals surface area contributed by atoms with E-state index in [2.05, 4.69) is 0 Å². The van der Waals surface area contributed by atoms with Crippen LogP contribution in [-0.2, 0) is 0 Å². The first-order chi connectivity index (χ1) is 6.85. The Hall–Kier alpha value is -2.32. The molecule has 0 bridgehead atoms. The van der Waals surface area contributed by atoms with E-state index < -0.39 is 0 Å². The minimum Gasteiger partial charge on any atom is -0.192 e. The number of fused-ring (bicyclic) bond motifs is 1. The van der Waals surface area contributed by atoms with Crippen LogP contribution in [0.25, 0.3) is 12.2 Å². The van der Waals surface area contributed by atoms with E-state index >= 15 is 0 Å². The molecule has 14 heavy (non-hydrogen) atoms. The van der Waals surface area contributed by atoms with E-state index in [1.807, 2.05) is 48.6 Å². The number of allylic oxidation sites excluding steroid dienone is 2. The maximum absolute atomic E-state index is 8.70. The smallest absolute Gasteiger partial charge is 0.136 e. The Balaban J connectivity index is 2.74. The molecule has 0 unspecified atom stereocenters. The van der Waals surface area contributed by atoms with Gasteiger partial charge in [0.15, 0.2) is 0 Å². The second-order valence-electron chi connectivity index (χ2n) is 2.97. The van der Waals surface area contributed by atoms with Crippen molar-refractivity contribution in [1.82, 2.24) is 0 Å². The molecular formula is C12H6N2. The van der Waals surface area contributed by atoms with E-state index in [-0.39, 0.29) is 5.57 Å². The molecule has 0 aliphatic heterocycles. The molecule has 0 spiro atoms. The van der Waals surface area contributed by atoms with Gasteiger partial charge in [-0.25, -0.2) is 0 Å². The summed E-state index contributed by atoms with van der Waals surface area (Å²) in [5.41, 5.74) is 0.873. The predicted octanol–water partition coefficient (Wildman–Crippen LogP) is 0.605. The van der Waals surface area contributed by atoms with Crippen LogP contribution in [0.4, 0.5) is 0 Å². The van der Waals surface area contributed by atoms with Gasteiger partial charge in [-0.3, -0.25) is 0 Å². The summed E-state index contributed by atoms with van der Waals surface area (Å²) in [6.45, 7) is 0. The molecule has 0 N–H and O–H groups in total. The summed E-state index contributed by atoms with van der Waals surface area (Å²) >= 11 is 0. The molecule has 0 saturated heterocycles. The Morgan fingerprint density at radius 3 is 1.86 bits per heavy atom. The first-order valence-electron chi connectivity index (χ1n) is 4.18. The monoisotopic (exact) mass is 178 g/mol. The summed E-state index contributed by atoms with van der Waals surface area (Å²) in [5.74, 6) is 0. The largest absolute Gasteiger partial charge is 0.192 e. The summed E-state index contributed by atoms with van der Waals surface area (Å²) in [6, 6.07) is 11.6. The summed E-state index contributed by atoms with van der Waals surface area (Å²) in [6.07, 6.45) is 3.72. The molecule has 0 atom stereocenters. The third-order valence-corrected chi connectivity index (χ3v) is 2.13.